The minimum Gasteiger partial charge on any atom is -0.479 e. The highest BCUT2D eigenvalue weighted by atomic mass is 16.4. The number of carbonyl (C=O) groups is 3. The first-order valence-electron chi connectivity index (χ1n) is 7.54. The predicted molar refractivity (Wildman–Crippen MR) is 87.4 cm³/mol. The molecule has 1 fully saturated rings. The van der Waals surface area contributed by atoms with Gasteiger partial charge in [0.15, 0.2) is 6.29 Å². The lowest BCUT2D eigenvalue weighted by atomic mass is 9.81. The van der Waals surface area contributed by atoms with E-state index < -0.39 is 23.3 Å². The van der Waals surface area contributed by atoms with Crippen LogP contribution in [0.5, 0.6) is 0 Å². The van der Waals surface area contributed by atoms with Crippen molar-refractivity contribution in [1.29, 1.82) is 0 Å². The summed E-state index contributed by atoms with van der Waals surface area (Å²) in [6, 6.07) is 5.80. The Morgan fingerprint density at radius 1 is 1.25 bits per heavy atom. The number of benzene rings is 1. The Morgan fingerprint density at radius 3 is 2.29 bits per heavy atom. The van der Waals surface area contributed by atoms with Gasteiger partial charge in [-0.25, -0.2) is 4.79 Å². The summed E-state index contributed by atoms with van der Waals surface area (Å²) in [6.07, 6.45) is 3.17. The SMILES string of the molecule is NN=Cc1ccc(C(N2CCCC2)C(N)(C(=O)O)C(=O)C=O)cc1. The normalized spacial score (nSPS) is 19.0. The van der Waals surface area contributed by atoms with Crippen LogP contribution in [0.3, 0.4) is 0 Å². The number of rotatable bonds is 7. The molecule has 0 amide bonds. The van der Waals surface area contributed by atoms with Gasteiger partial charge in [0.2, 0.25) is 11.3 Å². The number of nitrogens with zero attached hydrogens (tertiary/aromatic N) is 2. The van der Waals surface area contributed by atoms with Crippen molar-refractivity contribution in [2.75, 3.05) is 13.1 Å². The number of carboxylic acid groups (broad SMARTS) is 1. The topological polar surface area (TPSA) is 139 Å². The average molecular weight is 332 g/mol. The van der Waals surface area contributed by atoms with Crippen molar-refractivity contribution in [3.8, 4) is 0 Å². The Hall–Kier alpha value is -2.58. The quantitative estimate of drug-likeness (QED) is 0.155. The summed E-state index contributed by atoms with van der Waals surface area (Å²) >= 11 is 0. The highest BCUT2D eigenvalue weighted by Crippen LogP contribution is 2.34. The third-order valence-electron chi connectivity index (χ3n) is 4.28. The van der Waals surface area contributed by atoms with Gasteiger partial charge in [-0.05, 0) is 37.1 Å². The summed E-state index contributed by atoms with van der Waals surface area (Å²) in [5.41, 5.74) is 4.91. The summed E-state index contributed by atoms with van der Waals surface area (Å²) < 4.78 is 0. The molecule has 5 N–H and O–H groups in total. The molecular formula is C16H20N4O4. The molecule has 0 aromatic heterocycles. The molecule has 2 rings (SSSR count). The van der Waals surface area contributed by atoms with Gasteiger partial charge in [0, 0.05) is 0 Å². The number of nitrogens with two attached hydrogens (primary N) is 2. The number of hydrazone groups is 1. The number of aldehydes is 1. The Kier molecular flexibility index (Phi) is 5.42. The van der Waals surface area contributed by atoms with Gasteiger partial charge in [-0.2, -0.15) is 5.10 Å². The second-order valence-electron chi connectivity index (χ2n) is 5.75. The number of carbonyl (C=O) groups excluding carboxylic acids is 2. The zero-order chi connectivity index (χ0) is 17.7. The maximum atomic E-state index is 12.1. The molecule has 24 heavy (non-hydrogen) atoms. The molecule has 0 spiro atoms. The molecule has 0 radical (unpaired) electrons. The summed E-state index contributed by atoms with van der Waals surface area (Å²) in [5.74, 6) is 2.43. The van der Waals surface area contributed by atoms with E-state index in [1.807, 2.05) is 4.90 Å². The van der Waals surface area contributed by atoms with Crippen LogP contribution in [0.1, 0.15) is 30.0 Å². The molecule has 0 aliphatic carbocycles. The van der Waals surface area contributed by atoms with E-state index in [0.29, 0.717) is 18.7 Å². The molecule has 0 bridgehead atoms. The molecule has 1 aliphatic heterocycles. The second kappa shape index (κ2) is 7.33. The number of Topliss-reactive ketones (excluding diaryl/α,β-unsaturated/α-hetero) is 1. The second-order valence-corrected chi connectivity index (χ2v) is 5.75. The van der Waals surface area contributed by atoms with E-state index >= 15 is 0 Å². The third kappa shape index (κ3) is 3.19. The van der Waals surface area contributed by atoms with Gasteiger partial charge in [0.25, 0.3) is 0 Å². The summed E-state index contributed by atoms with van der Waals surface area (Å²) in [5, 5.41) is 13.0. The van der Waals surface area contributed by atoms with Gasteiger partial charge in [-0.1, -0.05) is 24.3 Å². The van der Waals surface area contributed by atoms with E-state index in [-0.39, 0.29) is 6.29 Å². The number of hydrogen-bond donors (Lipinski definition) is 3. The Balaban J connectivity index is 2.53. The predicted octanol–water partition coefficient (Wildman–Crippen LogP) is -0.334. The van der Waals surface area contributed by atoms with Crippen molar-refractivity contribution in [3.05, 3.63) is 35.4 Å². The lowest BCUT2D eigenvalue weighted by Gasteiger charge is -2.37. The minimum atomic E-state index is -2.34. The molecule has 8 nitrogen and oxygen atoms in total. The first-order valence-corrected chi connectivity index (χ1v) is 7.54. The summed E-state index contributed by atoms with van der Waals surface area (Å²) in [7, 11) is 0. The van der Waals surface area contributed by atoms with E-state index in [1.54, 1.807) is 24.3 Å². The molecule has 2 unspecified atom stereocenters. The molecule has 1 aromatic rings. The standard InChI is InChI=1S/C16H20N4O4/c17-16(15(23)24,13(22)10-21)14(20-7-1-2-8-20)12-5-3-11(4-6-12)9-19-18/h3-6,9-10,14H,1-2,7-8,17-18H2,(H,23,24). The summed E-state index contributed by atoms with van der Waals surface area (Å²) in [6.45, 7) is 1.21. The van der Waals surface area contributed by atoms with Gasteiger partial charge in [-0.15, -0.1) is 0 Å². The van der Waals surface area contributed by atoms with Crippen LogP contribution in [0.25, 0.3) is 0 Å². The zero-order valence-corrected chi connectivity index (χ0v) is 13.1. The first-order chi connectivity index (χ1) is 11.4. The van der Waals surface area contributed by atoms with Crippen LogP contribution in [-0.2, 0) is 14.4 Å². The number of likely N-dealkylation sites (tertiary alicyclic amines) is 1. The zero-order valence-electron chi connectivity index (χ0n) is 13.1. The smallest absolute Gasteiger partial charge is 0.334 e. The Labute approximate surface area is 139 Å². The lowest BCUT2D eigenvalue weighted by molar-refractivity contribution is -0.153. The number of hydrogen-bond acceptors (Lipinski definition) is 7. The molecule has 8 heteroatoms. The molecule has 1 saturated heterocycles. The monoisotopic (exact) mass is 332 g/mol. The van der Waals surface area contributed by atoms with Crippen molar-refractivity contribution >= 4 is 24.3 Å². The lowest BCUT2D eigenvalue weighted by Crippen LogP contribution is -2.63. The van der Waals surface area contributed by atoms with E-state index in [1.165, 1.54) is 6.21 Å². The maximum absolute atomic E-state index is 12.1. The van der Waals surface area contributed by atoms with Gasteiger partial charge in [0.1, 0.15) is 0 Å². The third-order valence-corrected chi connectivity index (χ3v) is 4.28. The van der Waals surface area contributed by atoms with Crippen molar-refractivity contribution in [1.82, 2.24) is 4.90 Å². The van der Waals surface area contributed by atoms with Crippen LogP contribution in [0.4, 0.5) is 0 Å². The molecule has 1 aromatic carbocycles. The minimum absolute atomic E-state index is 0.0212. The van der Waals surface area contributed by atoms with Crippen LogP contribution in [0.15, 0.2) is 29.4 Å². The largest absolute Gasteiger partial charge is 0.479 e. The van der Waals surface area contributed by atoms with E-state index in [2.05, 4.69) is 5.10 Å². The van der Waals surface area contributed by atoms with Crippen molar-refractivity contribution in [3.63, 3.8) is 0 Å². The Morgan fingerprint density at radius 2 is 1.83 bits per heavy atom. The van der Waals surface area contributed by atoms with Crippen molar-refractivity contribution in [2.45, 2.75) is 24.4 Å². The van der Waals surface area contributed by atoms with Crippen LogP contribution < -0.4 is 11.6 Å². The molecule has 1 aliphatic rings. The van der Waals surface area contributed by atoms with Crippen molar-refractivity contribution < 1.29 is 19.5 Å². The first kappa shape index (κ1) is 17.8. The average Bonchev–Trinajstić information content (AvgIpc) is 3.09. The highest BCUT2D eigenvalue weighted by molar-refractivity contribution is 6.35. The molecular weight excluding hydrogens is 312 g/mol. The molecule has 128 valence electrons. The van der Waals surface area contributed by atoms with Gasteiger partial charge < -0.3 is 16.7 Å². The molecule has 2 atom stereocenters. The van der Waals surface area contributed by atoms with Crippen LogP contribution in [0.2, 0.25) is 0 Å². The molecule has 1 heterocycles. The number of carboxylic acids is 1. The molecule has 0 saturated carbocycles. The number of aliphatic carboxylic acids is 1. The fourth-order valence-electron chi connectivity index (χ4n) is 3.07. The highest BCUT2D eigenvalue weighted by Gasteiger charge is 2.52. The van der Waals surface area contributed by atoms with Gasteiger partial charge in [-0.3, -0.25) is 14.5 Å². The fourth-order valence-corrected chi connectivity index (χ4v) is 3.07. The van der Waals surface area contributed by atoms with E-state index in [9.17, 15) is 19.5 Å². The number of ketones is 1. The van der Waals surface area contributed by atoms with Gasteiger partial charge in [0.05, 0.1) is 12.3 Å². The van der Waals surface area contributed by atoms with E-state index in [0.717, 1.165) is 18.4 Å². The fraction of sp³-hybridized carbons (Fsp3) is 0.375. The Bertz CT molecular complexity index is 653. The van der Waals surface area contributed by atoms with Crippen LogP contribution in [0, 0.1) is 0 Å². The van der Waals surface area contributed by atoms with Crippen LogP contribution >= 0.6 is 0 Å². The van der Waals surface area contributed by atoms with Gasteiger partial charge >= 0.3 is 5.97 Å². The van der Waals surface area contributed by atoms with Crippen LogP contribution in [-0.4, -0.2) is 52.9 Å². The summed E-state index contributed by atoms with van der Waals surface area (Å²) in [4.78, 5) is 36.7. The van der Waals surface area contributed by atoms with E-state index in [4.69, 9.17) is 11.6 Å². The van der Waals surface area contributed by atoms with Crippen molar-refractivity contribution in [2.24, 2.45) is 16.7 Å². The maximum Gasteiger partial charge on any atom is 0.334 e.